The molecule has 0 fully saturated rings. The van der Waals surface area contributed by atoms with Gasteiger partial charge in [0, 0.05) is 38.8 Å². The van der Waals surface area contributed by atoms with E-state index in [0.29, 0.717) is 0 Å². The lowest BCUT2D eigenvalue weighted by Gasteiger charge is -2.34. The number of fused-ring (bicyclic) bond motifs is 11. The first-order valence-corrected chi connectivity index (χ1v) is 23.9. The molecule has 69 heavy (non-hydrogen) atoms. The molecule has 12 aromatic carbocycles. The Hall–Kier alpha value is -8.98. The number of nitrogens with zero attached hydrogens (tertiary/aromatic N) is 2. The molecular weight excluding hydrogens is 833 g/mol. The molecule has 1 aliphatic carbocycles. The number of anilines is 3. The van der Waals surface area contributed by atoms with Gasteiger partial charge in [-0.2, -0.15) is 0 Å². The van der Waals surface area contributed by atoms with Gasteiger partial charge < -0.3 is 9.47 Å². The van der Waals surface area contributed by atoms with E-state index >= 15 is 0 Å². The number of para-hydroxylation sites is 2. The van der Waals surface area contributed by atoms with Crippen LogP contribution in [0, 0.1) is 0 Å². The van der Waals surface area contributed by atoms with E-state index in [9.17, 15) is 0 Å². The second-order valence-corrected chi connectivity index (χ2v) is 18.3. The quantitative estimate of drug-likeness (QED) is 0.145. The first kappa shape index (κ1) is 39.2. The molecule has 0 aliphatic heterocycles. The Labute approximate surface area is 401 Å². The fraction of sp³-hybridized carbons (Fsp3) is 0.0149. The van der Waals surface area contributed by atoms with Crippen LogP contribution in [0.5, 0.6) is 0 Å². The molecule has 1 aliphatic rings. The van der Waals surface area contributed by atoms with Gasteiger partial charge in [0.05, 0.1) is 22.1 Å². The zero-order valence-corrected chi connectivity index (χ0v) is 37.8. The minimum Gasteiger partial charge on any atom is -0.310 e. The van der Waals surface area contributed by atoms with Gasteiger partial charge in [-0.25, -0.2) is 0 Å². The summed E-state index contributed by atoms with van der Waals surface area (Å²) in [6.45, 7) is 0. The second-order valence-electron chi connectivity index (χ2n) is 18.3. The molecule has 0 atom stereocenters. The minimum atomic E-state index is -0.529. The van der Waals surface area contributed by atoms with Crippen LogP contribution in [0.4, 0.5) is 17.1 Å². The number of rotatable bonds is 7. The van der Waals surface area contributed by atoms with Crippen LogP contribution >= 0.6 is 0 Å². The van der Waals surface area contributed by atoms with Gasteiger partial charge in [0.25, 0.3) is 0 Å². The number of hydrogen-bond acceptors (Lipinski definition) is 1. The van der Waals surface area contributed by atoms with Crippen molar-refractivity contribution in [3.05, 3.63) is 289 Å². The Bertz CT molecular complexity index is 4080. The predicted octanol–water partition coefficient (Wildman–Crippen LogP) is 17.7. The van der Waals surface area contributed by atoms with Gasteiger partial charge in [-0.1, -0.05) is 206 Å². The number of aromatic nitrogens is 1. The lowest BCUT2D eigenvalue weighted by molar-refractivity contribution is 0.768. The molecule has 0 radical (unpaired) electrons. The monoisotopic (exact) mass is 876 g/mol. The van der Waals surface area contributed by atoms with Gasteiger partial charge in [-0.3, -0.25) is 0 Å². The van der Waals surface area contributed by atoms with Gasteiger partial charge in [-0.15, -0.1) is 0 Å². The first-order valence-electron chi connectivity index (χ1n) is 23.9. The summed E-state index contributed by atoms with van der Waals surface area (Å²) in [5.74, 6) is 0. The molecule has 0 unspecified atom stereocenters. The van der Waals surface area contributed by atoms with Crippen molar-refractivity contribution in [2.45, 2.75) is 5.41 Å². The molecule has 0 bridgehead atoms. The van der Waals surface area contributed by atoms with Crippen LogP contribution in [-0.2, 0) is 5.41 Å². The van der Waals surface area contributed by atoms with E-state index in [-0.39, 0.29) is 0 Å². The minimum absolute atomic E-state index is 0.529. The Morgan fingerprint density at radius 2 is 0.884 bits per heavy atom. The van der Waals surface area contributed by atoms with Gasteiger partial charge in [0.2, 0.25) is 0 Å². The van der Waals surface area contributed by atoms with E-state index in [2.05, 4.69) is 276 Å². The van der Waals surface area contributed by atoms with Crippen molar-refractivity contribution < 1.29 is 0 Å². The Morgan fingerprint density at radius 3 is 1.61 bits per heavy atom. The van der Waals surface area contributed by atoms with E-state index in [4.69, 9.17) is 0 Å². The van der Waals surface area contributed by atoms with E-state index in [0.717, 1.165) is 28.3 Å². The molecule has 13 aromatic rings. The Kier molecular flexibility index (Phi) is 8.84. The smallest absolute Gasteiger partial charge is 0.0714 e. The highest BCUT2D eigenvalue weighted by atomic mass is 15.1. The standard InChI is InChI=1S/C67H44N2/c1-5-24-47(25-6-1)67(48-26-7-2-8-27-48)60-37-20-19-36-56(60)65-61(67)38-21-39-63(65)68(49-28-9-3-10-29-49)51-40-41-62-59(44-51)64-58(57-42-45-22-13-15-32-52(45)54-34-17-18-35-55(54)57)43-46-23-14-16-33-53(46)66(64)69(62)50-30-11-4-12-31-50/h1-44H. The molecule has 1 heterocycles. The van der Waals surface area contributed by atoms with Crippen LogP contribution in [-0.4, -0.2) is 4.57 Å². The van der Waals surface area contributed by atoms with Crippen molar-refractivity contribution >= 4 is 71.2 Å². The summed E-state index contributed by atoms with van der Waals surface area (Å²) in [5, 5.41) is 9.86. The lowest BCUT2D eigenvalue weighted by atomic mass is 9.68. The molecular formula is C67H44N2. The van der Waals surface area contributed by atoms with E-state index in [1.807, 2.05) is 0 Å². The van der Waals surface area contributed by atoms with E-state index < -0.39 is 5.41 Å². The molecule has 14 rings (SSSR count). The average Bonchev–Trinajstić information content (AvgIpc) is 3.93. The first-order chi connectivity index (χ1) is 34.3. The zero-order chi connectivity index (χ0) is 45.5. The third kappa shape index (κ3) is 5.79. The maximum Gasteiger partial charge on any atom is 0.0714 e. The van der Waals surface area contributed by atoms with Gasteiger partial charge in [0.1, 0.15) is 0 Å². The van der Waals surface area contributed by atoms with Crippen molar-refractivity contribution in [3.8, 4) is 27.9 Å². The molecule has 0 spiro atoms. The predicted molar refractivity (Wildman–Crippen MR) is 291 cm³/mol. The van der Waals surface area contributed by atoms with Crippen molar-refractivity contribution in [2.75, 3.05) is 4.90 Å². The van der Waals surface area contributed by atoms with Crippen molar-refractivity contribution in [1.82, 2.24) is 4.57 Å². The van der Waals surface area contributed by atoms with Crippen molar-refractivity contribution in [1.29, 1.82) is 0 Å². The summed E-state index contributed by atoms with van der Waals surface area (Å²) in [6, 6.07) is 98.8. The fourth-order valence-corrected chi connectivity index (χ4v) is 12.0. The summed E-state index contributed by atoms with van der Waals surface area (Å²) in [6.07, 6.45) is 0. The summed E-state index contributed by atoms with van der Waals surface area (Å²) in [5.41, 5.74) is 16.3. The molecule has 0 saturated carbocycles. The van der Waals surface area contributed by atoms with Gasteiger partial charge >= 0.3 is 0 Å². The summed E-state index contributed by atoms with van der Waals surface area (Å²) < 4.78 is 2.50. The number of benzene rings is 12. The maximum absolute atomic E-state index is 2.50. The van der Waals surface area contributed by atoms with E-state index in [1.165, 1.54) is 93.1 Å². The molecule has 1 aromatic heterocycles. The van der Waals surface area contributed by atoms with Gasteiger partial charge in [0.15, 0.2) is 0 Å². The zero-order valence-electron chi connectivity index (χ0n) is 37.8. The highest BCUT2D eigenvalue weighted by molar-refractivity contribution is 6.27. The Morgan fingerprint density at radius 1 is 0.333 bits per heavy atom. The highest BCUT2D eigenvalue weighted by Gasteiger charge is 2.47. The summed E-state index contributed by atoms with van der Waals surface area (Å²) in [4.78, 5) is 2.50. The number of hydrogen-bond donors (Lipinski definition) is 0. The molecule has 0 saturated heterocycles. The van der Waals surface area contributed by atoms with Crippen LogP contribution in [0.1, 0.15) is 22.3 Å². The second kappa shape index (κ2) is 15.6. The molecule has 2 nitrogen and oxygen atoms in total. The van der Waals surface area contributed by atoms with Crippen LogP contribution in [0.25, 0.3) is 82.1 Å². The molecule has 0 N–H and O–H groups in total. The highest BCUT2D eigenvalue weighted by Crippen LogP contribution is 2.60. The topological polar surface area (TPSA) is 8.17 Å². The summed E-state index contributed by atoms with van der Waals surface area (Å²) in [7, 11) is 0. The van der Waals surface area contributed by atoms with Crippen LogP contribution in [0.3, 0.4) is 0 Å². The normalized spacial score (nSPS) is 12.8. The molecule has 2 heteroatoms. The molecule has 0 amide bonds. The van der Waals surface area contributed by atoms with Crippen molar-refractivity contribution in [2.24, 2.45) is 0 Å². The fourth-order valence-electron chi connectivity index (χ4n) is 12.0. The van der Waals surface area contributed by atoms with Crippen molar-refractivity contribution in [3.63, 3.8) is 0 Å². The third-order valence-corrected chi connectivity index (χ3v) is 14.8. The van der Waals surface area contributed by atoms with E-state index in [1.54, 1.807) is 0 Å². The van der Waals surface area contributed by atoms with Crippen LogP contribution in [0.15, 0.2) is 267 Å². The van der Waals surface area contributed by atoms with Crippen LogP contribution in [0.2, 0.25) is 0 Å². The van der Waals surface area contributed by atoms with Gasteiger partial charge in [-0.05, 0) is 127 Å². The maximum atomic E-state index is 2.50. The molecule has 322 valence electrons. The third-order valence-electron chi connectivity index (χ3n) is 14.8. The average molecular weight is 877 g/mol. The summed E-state index contributed by atoms with van der Waals surface area (Å²) >= 11 is 0. The largest absolute Gasteiger partial charge is 0.310 e. The lowest BCUT2D eigenvalue weighted by Crippen LogP contribution is -2.28. The SMILES string of the molecule is c1ccc(N(c2ccc3c(c2)c2c(-c4cc5ccccc5c5ccccc45)cc4ccccc4c2n3-c2ccccc2)c2cccc3c2-c2ccccc2C3(c2ccccc2)c2ccccc2)cc1. The Balaban J connectivity index is 1.11. The van der Waals surface area contributed by atoms with Crippen LogP contribution < -0.4 is 4.90 Å².